The molecule has 1 aromatic carbocycles. The zero-order valence-corrected chi connectivity index (χ0v) is 19.4. The van der Waals surface area contributed by atoms with Crippen molar-refractivity contribution in [1.29, 1.82) is 0 Å². The number of ether oxygens (including phenoxy) is 2. The number of rotatable bonds is 5. The molecule has 180 valence electrons. The molecule has 2 N–H and O–H groups in total. The molecule has 3 rings (SSSR count). The SMILES string of the molecule is COc1cnc(C(=O)Cc2ccc(F)c([C@]3(C)CO[C@@](C)(C(F)(F)F)C(N)=N3)c2)c(Cl)c1.Cl. The minimum absolute atomic E-state index is 0. The fourth-order valence-corrected chi connectivity index (χ4v) is 3.49. The van der Waals surface area contributed by atoms with E-state index in [4.69, 9.17) is 26.8 Å². The number of aliphatic imine (C=N–C) groups is 1. The number of nitrogens with two attached hydrogens (primary N) is 1. The average Bonchev–Trinajstić information content (AvgIpc) is 2.71. The highest BCUT2D eigenvalue weighted by Crippen LogP contribution is 2.41. The van der Waals surface area contributed by atoms with Crippen LogP contribution in [0.15, 0.2) is 35.5 Å². The monoisotopic (exact) mass is 509 g/mol. The number of carbonyl (C=O) groups excluding carboxylic acids is 1. The number of nitrogens with zero attached hydrogens (tertiary/aromatic N) is 2. The van der Waals surface area contributed by atoms with Crippen molar-refractivity contribution in [2.75, 3.05) is 13.7 Å². The van der Waals surface area contributed by atoms with Crippen molar-refractivity contribution >= 4 is 35.6 Å². The van der Waals surface area contributed by atoms with E-state index in [2.05, 4.69) is 9.98 Å². The summed E-state index contributed by atoms with van der Waals surface area (Å²) in [6.45, 7) is 1.61. The lowest BCUT2D eigenvalue weighted by Gasteiger charge is -2.41. The molecule has 0 saturated heterocycles. The van der Waals surface area contributed by atoms with Crippen LogP contribution in [0.2, 0.25) is 5.02 Å². The molecular weight excluding hydrogens is 489 g/mol. The van der Waals surface area contributed by atoms with Crippen LogP contribution in [-0.4, -0.2) is 42.1 Å². The summed E-state index contributed by atoms with van der Waals surface area (Å²) in [5.74, 6) is -1.59. The number of carbonyl (C=O) groups is 1. The van der Waals surface area contributed by atoms with Crippen LogP contribution in [0.4, 0.5) is 17.6 Å². The number of pyridine rings is 1. The Labute approximate surface area is 198 Å². The molecule has 0 unspecified atom stereocenters. The van der Waals surface area contributed by atoms with Crippen LogP contribution in [0.25, 0.3) is 0 Å². The summed E-state index contributed by atoms with van der Waals surface area (Å²) in [5.41, 5.74) is 1.65. The van der Waals surface area contributed by atoms with E-state index < -0.39 is 41.4 Å². The molecule has 0 spiro atoms. The normalized spacial score (nSPS) is 22.8. The molecule has 1 aliphatic heterocycles. The summed E-state index contributed by atoms with van der Waals surface area (Å²) < 4.78 is 64.7. The Balaban J connectivity index is 0.00000385. The van der Waals surface area contributed by atoms with Crippen LogP contribution in [0.3, 0.4) is 0 Å². The van der Waals surface area contributed by atoms with E-state index in [-0.39, 0.29) is 35.1 Å². The number of halogens is 6. The largest absolute Gasteiger partial charge is 0.495 e. The quantitative estimate of drug-likeness (QED) is 0.468. The van der Waals surface area contributed by atoms with Crippen molar-refractivity contribution in [1.82, 2.24) is 4.98 Å². The number of methoxy groups -OCH3 is 1. The van der Waals surface area contributed by atoms with Crippen LogP contribution in [-0.2, 0) is 16.7 Å². The first-order valence-corrected chi connectivity index (χ1v) is 9.76. The molecule has 33 heavy (non-hydrogen) atoms. The summed E-state index contributed by atoms with van der Waals surface area (Å²) in [5, 5.41) is 0.0909. The maximum absolute atomic E-state index is 14.6. The Hall–Kier alpha value is -2.43. The van der Waals surface area contributed by atoms with Crippen molar-refractivity contribution in [3.05, 3.63) is 58.1 Å². The fourth-order valence-electron chi connectivity index (χ4n) is 3.23. The average molecular weight is 510 g/mol. The van der Waals surface area contributed by atoms with Gasteiger partial charge in [-0.3, -0.25) is 9.79 Å². The highest BCUT2D eigenvalue weighted by molar-refractivity contribution is 6.33. The highest BCUT2D eigenvalue weighted by atomic mass is 35.5. The van der Waals surface area contributed by atoms with Gasteiger partial charge >= 0.3 is 6.18 Å². The van der Waals surface area contributed by atoms with Gasteiger partial charge in [-0.15, -0.1) is 12.4 Å². The molecule has 0 amide bonds. The molecule has 12 heteroatoms. The summed E-state index contributed by atoms with van der Waals surface area (Å²) in [6.07, 6.45) is -3.63. The van der Waals surface area contributed by atoms with Crippen molar-refractivity contribution in [2.45, 2.75) is 37.6 Å². The predicted octanol–water partition coefficient (Wildman–Crippen LogP) is 4.65. The van der Waals surface area contributed by atoms with Crippen LogP contribution in [0.5, 0.6) is 5.75 Å². The highest BCUT2D eigenvalue weighted by Gasteiger charge is 2.59. The number of hydrogen-bond donors (Lipinski definition) is 1. The topological polar surface area (TPSA) is 86.8 Å². The van der Waals surface area contributed by atoms with E-state index >= 15 is 0 Å². The number of aromatic nitrogens is 1. The van der Waals surface area contributed by atoms with Gasteiger partial charge in [-0.05, 0) is 31.5 Å². The lowest BCUT2D eigenvalue weighted by molar-refractivity contribution is -0.249. The molecule has 1 aromatic heterocycles. The zero-order valence-electron chi connectivity index (χ0n) is 17.8. The summed E-state index contributed by atoms with van der Waals surface area (Å²) in [6, 6.07) is 5.28. The Morgan fingerprint density at radius 3 is 2.52 bits per heavy atom. The Kier molecular flexibility index (Phi) is 7.67. The summed E-state index contributed by atoms with van der Waals surface area (Å²) >= 11 is 6.09. The Bertz CT molecular complexity index is 1100. The number of amidine groups is 1. The first-order valence-electron chi connectivity index (χ1n) is 9.39. The summed E-state index contributed by atoms with van der Waals surface area (Å²) in [4.78, 5) is 20.6. The van der Waals surface area contributed by atoms with Crippen LogP contribution in [0.1, 0.15) is 35.5 Å². The number of alkyl halides is 3. The molecule has 2 aromatic rings. The number of benzene rings is 1. The molecule has 2 heterocycles. The van der Waals surface area contributed by atoms with E-state index in [1.807, 2.05) is 0 Å². The Morgan fingerprint density at radius 2 is 1.97 bits per heavy atom. The summed E-state index contributed by atoms with van der Waals surface area (Å²) in [7, 11) is 1.43. The van der Waals surface area contributed by atoms with Gasteiger partial charge in [0.15, 0.2) is 5.78 Å². The molecule has 0 fully saturated rings. The van der Waals surface area contributed by atoms with Gasteiger partial charge in [-0.1, -0.05) is 17.7 Å². The van der Waals surface area contributed by atoms with E-state index in [1.54, 1.807) is 0 Å². The van der Waals surface area contributed by atoms with E-state index in [1.165, 1.54) is 38.4 Å². The van der Waals surface area contributed by atoms with E-state index in [0.717, 1.165) is 13.0 Å². The Morgan fingerprint density at radius 1 is 1.30 bits per heavy atom. The molecule has 0 radical (unpaired) electrons. The van der Waals surface area contributed by atoms with Crippen LogP contribution in [0, 0.1) is 5.82 Å². The molecular formula is C21H21Cl2F4N3O3. The molecule has 2 atom stereocenters. The number of hydrogen-bond acceptors (Lipinski definition) is 6. The van der Waals surface area contributed by atoms with Gasteiger partial charge in [-0.25, -0.2) is 9.37 Å². The molecule has 0 saturated carbocycles. The molecule has 6 nitrogen and oxygen atoms in total. The second-order valence-corrected chi connectivity index (χ2v) is 8.12. The fraction of sp³-hybridized carbons (Fsp3) is 0.381. The minimum Gasteiger partial charge on any atom is -0.495 e. The van der Waals surface area contributed by atoms with Crippen molar-refractivity contribution in [3.8, 4) is 5.75 Å². The van der Waals surface area contributed by atoms with Gasteiger partial charge < -0.3 is 15.2 Å². The van der Waals surface area contributed by atoms with Crippen molar-refractivity contribution < 1.29 is 31.8 Å². The minimum atomic E-state index is -4.79. The lowest BCUT2D eigenvalue weighted by atomic mass is 9.88. The van der Waals surface area contributed by atoms with Crippen molar-refractivity contribution in [2.24, 2.45) is 10.7 Å². The van der Waals surface area contributed by atoms with Gasteiger partial charge in [-0.2, -0.15) is 13.2 Å². The van der Waals surface area contributed by atoms with E-state index in [9.17, 15) is 22.4 Å². The zero-order chi connectivity index (χ0) is 23.9. The predicted molar refractivity (Wildman–Crippen MR) is 117 cm³/mol. The smallest absolute Gasteiger partial charge is 0.424 e. The second-order valence-electron chi connectivity index (χ2n) is 7.71. The van der Waals surface area contributed by atoms with E-state index in [0.29, 0.717) is 11.3 Å². The first kappa shape index (κ1) is 26.8. The van der Waals surface area contributed by atoms with Gasteiger partial charge in [0.2, 0.25) is 5.60 Å². The third-order valence-corrected chi connectivity index (χ3v) is 5.62. The molecule has 0 bridgehead atoms. The first-order chi connectivity index (χ1) is 14.8. The van der Waals surface area contributed by atoms with Gasteiger partial charge in [0.25, 0.3) is 0 Å². The number of Topliss-reactive ketones (excluding diaryl/α,β-unsaturated/α-hetero) is 1. The number of ketones is 1. The van der Waals surface area contributed by atoms with Crippen LogP contribution >= 0.6 is 24.0 Å². The molecule has 1 aliphatic rings. The van der Waals surface area contributed by atoms with Gasteiger partial charge in [0.05, 0.1) is 24.9 Å². The molecule has 0 aliphatic carbocycles. The second kappa shape index (κ2) is 9.44. The van der Waals surface area contributed by atoms with Crippen LogP contribution < -0.4 is 10.5 Å². The lowest BCUT2D eigenvalue weighted by Crippen LogP contribution is -2.60. The van der Waals surface area contributed by atoms with Crippen molar-refractivity contribution in [3.63, 3.8) is 0 Å². The maximum atomic E-state index is 14.6. The van der Waals surface area contributed by atoms with Gasteiger partial charge in [0, 0.05) is 18.1 Å². The maximum Gasteiger partial charge on any atom is 0.424 e. The third-order valence-electron chi connectivity index (χ3n) is 5.33. The van der Waals surface area contributed by atoms with Gasteiger partial charge in [0.1, 0.15) is 28.6 Å². The standard InChI is InChI=1S/C21H20ClF4N3O3.ClH/c1-19(10-32-20(2,18(27)29-19)21(24,25)26)13-6-11(4-5-15(13)23)7-16(30)17-14(22)8-12(31-3)9-28-17;/h4-6,8-9H,7,10H2,1-3H3,(H2,27,29);1H/t19-,20+;/m0./s1. The third kappa shape index (κ3) is 5.07.